The monoisotopic (exact) mass is 215 g/mol. The molecule has 15 heavy (non-hydrogen) atoms. The third kappa shape index (κ3) is 5.11. The Balaban J connectivity index is 2.15. The zero-order chi connectivity index (χ0) is 11.1. The average molecular weight is 215 g/mol. The van der Waals surface area contributed by atoms with Crippen molar-refractivity contribution in [1.29, 1.82) is 0 Å². The maximum atomic E-state index is 11.5. The number of carbonyl (C=O) groups excluding carboxylic acids is 1. The van der Waals surface area contributed by atoms with E-state index in [1.54, 1.807) is 7.11 Å². The smallest absolute Gasteiger partial charge is 0.234 e. The minimum atomic E-state index is 0.0624. The molecule has 0 aliphatic heterocycles. The van der Waals surface area contributed by atoms with Crippen LogP contribution in [0.15, 0.2) is 0 Å². The number of hydrogen-bond acceptors (Lipinski definition) is 4. The third-order valence-corrected chi connectivity index (χ3v) is 2.45. The summed E-state index contributed by atoms with van der Waals surface area (Å²) in [5.74, 6) is 0.0624. The number of nitrogens with one attached hydrogen (secondary N) is 1. The summed E-state index contributed by atoms with van der Waals surface area (Å²) in [7, 11) is 1.62. The molecule has 0 aromatic carbocycles. The molecule has 0 aromatic heterocycles. The molecule has 0 heterocycles. The molecular formula is C10H21N3O2. The Labute approximate surface area is 90.9 Å². The zero-order valence-corrected chi connectivity index (χ0v) is 9.37. The molecule has 1 saturated carbocycles. The summed E-state index contributed by atoms with van der Waals surface area (Å²) in [5.41, 5.74) is 5.50. The van der Waals surface area contributed by atoms with E-state index < -0.39 is 0 Å². The van der Waals surface area contributed by atoms with Gasteiger partial charge in [0.15, 0.2) is 0 Å². The lowest BCUT2D eigenvalue weighted by Gasteiger charge is -2.20. The Morgan fingerprint density at radius 1 is 1.60 bits per heavy atom. The maximum Gasteiger partial charge on any atom is 0.234 e. The number of rotatable bonds is 8. The van der Waals surface area contributed by atoms with E-state index in [1.807, 2.05) is 0 Å². The molecule has 0 radical (unpaired) electrons. The lowest BCUT2D eigenvalue weighted by atomic mass is 10.4. The second-order valence-corrected chi connectivity index (χ2v) is 3.83. The second kappa shape index (κ2) is 6.76. The summed E-state index contributed by atoms with van der Waals surface area (Å²) in [5, 5.41) is 2.81. The molecule has 88 valence electrons. The molecule has 1 aliphatic rings. The summed E-state index contributed by atoms with van der Waals surface area (Å²) in [6, 6.07) is 0.585. The maximum absolute atomic E-state index is 11.5. The van der Waals surface area contributed by atoms with Crippen LogP contribution in [0.3, 0.4) is 0 Å². The molecule has 5 heteroatoms. The first-order valence-electron chi connectivity index (χ1n) is 5.47. The van der Waals surface area contributed by atoms with Gasteiger partial charge >= 0.3 is 0 Å². The molecule has 3 N–H and O–H groups in total. The van der Waals surface area contributed by atoms with Crippen molar-refractivity contribution < 1.29 is 9.53 Å². The van der Waals surface area contributed by atoms with E-state index in [4.69, 9.17) is 10.5 Å². The molecule has 1 fully saturated rings. The number of nitrogens with zero attached hydrogens (tertiary/aromatic N) is 1. The van der Waals surface area contributed by atoms with Crippen molar-refractivity contribution in [3.8, 4) is 0 Å². The number of carbonyl (C=O) groups is 1. The largest absolute Gasteiger partial charge is 0.383 e. The van der Waals surface area contributed by atoms with Crippen LogP contribution in [0.1, 0.15) is 12.8 Å². The first-order valence-corrected chi connectivity index (χ1v) is 5.47. The summed E-state index contributed by atoms with van der Waals surface area (Å²) in [6.45, 7) is 3.03. The van der Waals surface area contributed by atoms with E-state index >= 15 is 0 Å². The van der Waals surface area contributed by atoms with E-state index in [1.165, 1.54) is 12.8 Å². The minimum Gasteiger partial charge on any atom is -0.383 e. The lowest BCUT2D eigenvalue weighted by molar-refractivity contribution is -0.122. The first-order chi connectivity index (χ1) is 7.27. The van der Waals surface area contributed by atoms with Gasteiger partial charge in [-0.3, -0.25) is 9.69 Å². The molecule has 1 aliphatic carbocycles. The van der Waals surface area contributed by atoms with Crippen molar-refractivity contribution in [2.75, 3.05) is 39.9 Å². The highest BCUT2D eigenvalue weighted by molar-refractivity contribution is 5.78. The van der Waals surface area contributed by atoms with Crippen molar-refractivity contribution in [3.63, 3.8) is 0 Å². The fraction of sp³-hybridized carbons (Fsp3) is 0.900. The third-order valence-electron chi connectivity index (χ3n) is 2.45. The topological polar surface area (TPSA) is 67.6 Å². The highest BCUT2D eigenvalue weighted by Crippen LogP contribution is 2.25. The molecule has 0 saturated heterocycles. The van der Waals surface area contributed by atoms with Crippen molar-refractivity contribution in [1.82, 2.24) is 10.2 Å². The van der Waals surface area contributed by atoms with Crippen LogP contribution in [0.25, 0.3) is 0 Å². The molecule has 1 rings (SSSR count). The Morgan fingerprint density at radius 2 is 2.33 bits per heavy atom. The predicted molar refractivity (Wildman–Crippen MR) is 58.5 cm³/mol. The molecule has 0 atom stereocenters. The van der Waals surface area contributed by atoms with Crippen LogP contribution in [-0.2, 0) is 9.53 Å². The number of nitrogens with two attached hydrogens (primary N) is 1. The second-order valence-electron chi connectivity index (χ2n) is 3.83. The van der Waals surface area contributed by atoms with Crippen molar-refractivity contribution >= 4 is 5.91 Å². The molecule has 0 aromatic rings. The van der Waals surface area contributed by atoms with Gasteiger partial charge in [-0.25, -0.2) is 0 Å². The van der Waals surface area contributed by atoms with E-state index in [-0.39, 0.29) is 5.91 Å². The van der Waals surface area contributed by atoms with Crippen molar-refractivity contribution in [3.05, 3.63) is 0 Å². The van der Waals surface area contributed by atoms with Gasteiger partial charge in [-0.15, -0.1) is 0 Å². The van der Waals surface area contributed by atoms with Gasteiger partial charge in [0.2, 0.25) is 5.91 Å². The molecule has 1 amide bonds. The Morgan fingerprint density at radius 3 is 2.87 bits per heavy atom. The summed E-state index contributed by atoms with van der Waals surface area (Å²) >= 11 is 0. The van der Waals surface area contributed by atoms with Gasteiger partial charge in [-0.05, 0) is 12.8 Å². The fourth-order valence-corrected chi connectivity index (χ4v) is 1.53. The molecule has 5 nitrogen and oxygen atoms in total. The Hall–Kier alpha value is -0.650. The lowest BCUT2D eigenvalue weighted by Crippen LogP contribution is -2.41. The van der Waals surface area contributed by atoms with Crippen LogP contribution in [0.2, 0.25) is 0 Å². The van der Waals surface area contributed by atoms with E-state index in [0.717, 1.165) is 6.54 Å². The molecule has 0 unspecified atom stereocenters. The Kier molecular flexibility index (Phi) is 5.60. The van der Waals surface area contributed by atoms with Crippen LogP contribution in [0, 0.1) is 0 Å². The molecule has 0 spiro atoms. The highest BCUT2D eigenvalue weighted by Gasteiger charge is 2.29. The first kappa shape index (κ1) is 12.4. The fourth-order valence-electron chi connectivity index (χ4n) is 1.53. The summed E-state index contributed by atoms with van der Waals surface area (Å²) in [6.07, 6.45) is 2.40. The minimum absolute atomic E-state index is 0.0624. The quantitative estimate of drug-likeness (QED) is 0.519. The molecule has 0 bridgehead atoms. The van der Waals surface area contributed by atoms with E-state index in [0.29, 0.717) is 32.3 Å². The summed E-state index contributed by atoms with van der Waals surface area (Å²) in [4.78, 5) is 13.6. The van der Waals surface area contributed by atoms with E-state index in [2.05, 4.69) is 10.2 Å². The number of ether oxygens (including phenoxy) is 1. The zero-order valence-electron chi connectivity index (χ0n) is 9.37. The van der Waals surface area contributed by atoms with Gasteiger partial charge in [0.25, 0.3) is 0 Å². The highest BCUT2D eigenvalue weighted by atomic mass is 16.5. The van der Waals surface area contributed by atoms with Gasteiger partial charge in [0.1, 0.15) is 0 Å². The normalized spacial score (nSPS) is 15.7. The van der Waals surface area contributed by atoms with Gasteiger partial charge in [0, 0.05) is 32.8 Å². The van der Waals surface area contributed by atoms with Crippen LogP contribution >= 0.6 is 0 Å². The van der Waals surface area contributed by atoms with Gasteiger partial charge in [0.05, 0.1) is 13.2 Å². The number of hydrogen-bond donors (Lipinski definition) is 2. The number of methoxy groups -OCH3 is 1. The van der Waals surface area contributed by atoms with Crippen LogP contribution in [0.5, 0.6) is 0 Å². The van der Waals surface area contributed by atoms with Gasteiger partial charge in [-0.1, -0.05) is 0 Å². The molecular weight excluding hydrogens is 194 g/mol. The van der Waals surface area contributed by atoms with E-state index in [9.17, 15) is 4.79 Å². The average Bonchev–Trinajstić information content (AvgIpc) is 3.01. The van der Waals surface area contributed by atoms with Crippen LogP contribution in [-0.4, -0.2) is 56.7 Å². The summed E-state index contributed by atoms with van der Waals surface area (Å²) < 4.78 is 4.86. The SMILES string of the molecule is COCCNC(=O)CN(CCN)C1CC1. The number of amides is 1. The predicted octanol–water partition coefficient (Wildman–Crippen LogP) is -0.828. The Bertz CT molecular complexity index is 195. The van der Waals surface area contributed by atoms with Crippen LogP contribution in [0.4, 0.5) is 0 Å². The van der Waals surface area contributed by atoms with Crippen LogP contribution < -0.4 is 11.1 Å². The standard InChI is InChI=1S/C10H21N3O2/c1-15-7-5-12-10(14)8-13(6-4-11)9-2-3-9/h9H,2-8,11H2,1H3,(H,12,14). The van der Waals surface area contributed by atoms with Crippen molar-refractivity contribution in [2.24, 2.45) is 5.73 Å². The van der Waals surface area contributed by atoms with Gasteiger partial charge in [-0.2, -0.15) is 0 Å². The van der Waals surface area contributed by atoms with Gasteiger partial charge < -0.3 is 15.8 Å². The van der Waals surface area contributed by atoms with Crippen molar-refractivity contribution in [2.45, 2.75) is 18.9 Å².